The number of hydrogen-bond donors (Lipinski definition) is 1. The summed E-state index contributed by atoms with van der Waals surface area (Å²) in [7, 11) is 0. The number of rotatable bonds is 0. The summed E-state index contributed by atoms with van der Waals surface area (Å²) in [6.45, 7) is 0. The smallest absolute Gasteiger partial charge is 0.417 e. The number of carbonyl (C=O) groups is 1. The van der Waals surface area contributed by atoms with E-state index in [1.807, 2.05) is 22.6 Å². The van der Waals surface area contributed by atoms with Gasteiger partial charge in [-0.2, -0.15) is 0 Å². The number of carboxylic acid groups (broad SMARTS) is 1. The topological polar surface area (TPSA) is 55.1 Å². The van der Waals surface area contributed by atoms with Crippen LogP contribution < -0.4 is 0 Å². The van der Waals surface area contributed by atoms with E-state index >= 15 is 0 Å². The molecule has 0 bridgehead atoms. The van der Waals surface area contributed by atoms with E-state index in [0.717, 1.165) is 17.0 Å². The van der Waals surface area contributed by atoms with Gasteiger partial charge in [0.15, 0.2) is 0 Å². The molecule has 0 fully saturated rings. The monoisotopic (exact) mass is 306 g/mol. The van der Waals surface area contributed by atoms with Gasteiger partial charge in [0.2, 0.25) is 0 Å². The summed E-state index contributed by atoms with van der Waals surface area (Å²) < 4.78 is 14.5. The van der Waals surface area contributed by atoms with Gasteiger partial charge in [-0.1, -0.05) is 0 Å². The zero-order chi connectivity index (χ0) is 10.3. The maximum atomic E-state index is 13.0. The molecular formula is C8H4FIN2O2. The third-order valence-electron chi connectivity index (χ3n) is 1.78. The van der Waals surface area contributed by atoms with Gasteiger partial charge in [-0.15, -0.1) is 0 Å². The van der Waals surface area contributed by atoms with Gasteiger partial charge < -0.3 is 5.11 Å². The predicted molar refractivity (Wildman–Crippen MR) is 55.8 cm³/mol. The minimum Gasteiger partial charge on any atom is -0.464 e. The van der Waals surface area contributed by atoms with E-state index in [1.165, 1.54) is 6.07 Å². The van der Waals surface area contributed by atoms with Crippen molar-refractivity contribution in [1.82, 2.24) is 9.55 Å². The number of aromatic nitrogens is 2. The van der Waals surface area contributed by atoms with Crippen LogP contribution in [0.5, 0.6) is 0 Å². The quantitative estimate of drug-likeness (QED) is 0.760. The number of halogens is 2. The molecule has 0 saturated carbocycles. The second-order valence-electron chi connectivity index (χ2n) is 2.65. The molecule has 0 atom stereocenters. The van der Waals surface area contributed by atoms with Crippen LogP contribution in [0.15, 0.2) is 18.5 Å². The summed E-state index contributed by atoms with van der Waals surface area (Å²) in [6.07, 6.45) is -0.0110. The summed E-state index contributed by atoms with van der Waals surface area (Å²) in [6, 6.07) is 2.46. The van der Waals surface area contributed by atoms with Crippen molar-refractivity contribution in [3.8, 4) is 0 Å². The fourth-order valence-corrected chi connectivity index (χ4v) is 1.91. The molecule has 2 aromatic rings. The van der Waals surface area contributed by atoms with E-state index in [2.05, 4.69) is 4.98 Å². The Bertz CT molecular complexity index is 523. The van der Waals surface area contributed by atoms with Crippen LogP contribution in [-0.4, -0.2) is 20.8 Å². The normalized spacial score (nSPS) is 10.7. The Morgan fingerprint density at radius 1 is 1.57 bits per heavy atom. The van der Waals surface area contributed by atoms with Crippen molar-refractivity contribution < 1.29 is 14.3 Å². The first-order chi connectivity index (χ1) is 6.59. The van der Waals surface area contributed by atoms with Gasteiger partial charge in [0.05, 0.1) is 5.52 Å². The Kier molecular flexibility index (Phi) is 2.14. The van der Waals surface area contributed by atoms with Gasteiger partial charge in [0.25, 0.3) is 0 Å². The van der Waals surface area contributed by atoms with Crippen LogP contribution in [-0.2, 0) is 0 Å². The van der Waals surface area contributed by atoms with Gasteiger partial charge in [-0.25, -0.2) is 18.7 Å². The molecule has 0 spiro atoms. The van der Waals surface area contributed by atoms with Crippen molar-refractivity contribution in [3.63, 3.8) is 0 Å². The van der Waals surface area contributed by atoms with Crippen molar-refractivity contribution in [3.05, 3.63) is 27.8 Å². The largest absolute Gasteiger partial charge is 0.464 e. The fourth-order valence-electron chi connectivity index (χ4n) is 1.19. The third kappa shape index (κ3) is 1.35. The van der Waals surface area contributed by atoms with Gasteiger partial charge in [0.1, 0.15) is 17.7 Å². The zero-order valence-electron chi connectivity index (χ0n) is 6.74. The highest BCUT2D eigenvalue weighted by molar-refractivity contribution is 14.1. The van der Waals surface area contributed by atoms with Crippen molar-refractivity contribution in [2.24, 2.45) is 0 Å². The SMILES string of the molecule is O=C(O)n1cnc2c(I)cc(F)cc21. The summed E-state index contributed by atoms with van der Waals surface area (Å²) in [4.78, 5) is 14.6. The zero-order valence-corrected chi connectivity index (χ0v) is 8.90. The van der Waals surface area contributed by atoms with E-state index in [4.69, 9.17) is 5.11 Å². The molecule has 0 amide bonds. The molecule has 1 aromatic carbocycles. The molecule has 0 aliphatic carbocycles. The number of hydrogen-bond acceptors (Lipinski definition) is 2. The standard InChI is InChI=1S/C8H4FIN2O2/c9-4-1-5(10)7-6(2-4)12(3-11-7)8(13)14/h1-3H,(H,13,14). The van der Waals surface area contributed by atoms with E-state index in [0.29, 0.717) is 9.09 Å². The Morgan fingerprint density at radius 2 is 2.29 bits per heavy atom. The van der Waals surface area contributed by atoms with E-state index in [-0.39, 0.29) is 5.52 Å². The third-order valence-corrected chi connectivity index (χ3v) is 2.60. The maximum absolute atomic E-state index is 13.0. The van der Waals surface area contributed by atoms with Crippen LogP contribution in [0.4, 0.5) is 9.18 Å². The van der Waals surface area contributed by atoms with Gasteiger partial charge in [-0.3, -0.25) is 0 Å². The first-order valence-corrected chi connectivity index (χ1v) is 4.73. The minimum absolute atomic E-state index is 0.266. The van der Waals surface area contributed by atoms with Gasteiger partial charge in [-0.05, 0) is 28.7 Å². The first-order valence-electron chi connectivity index (χ1n) is 3.65. The lowest BCUT2D eigenvalue weighted by atomic mass is 10.3. The molecule has 0 saturated heterocycles. The second kappa shape index (κ2) is 3.19. The molecule has 0 radical (unpaired) electrons. The van der Waals surface area contributed by atoms with Crippen molar-refractivity contribution in [2.45, 2.75) is 0 Å². The highest BCUT2D eigenvalue weighted by Crippen LogP contribution is 2.20. The van der Waals surface area contributed by atoms with E-state index < -0.39 is 11.9 Å². The minimum atomic E-state index is -1.17. The van der Waals surface area contributed by atoms with Crippen LogP contribution in [0.25, 0.3) is 11.0 Å². The molecule has 6 heteroatoms. The summed E-state index contributed by atoms with van der Waals surface area (Å²) in [5.74, 6) is -0.468. The van der Waals surface area contributed by atoms with Crippen LogP contribution >= 0.6 is 22.6 Å². The molecule has 0 aliphatic heterocycles. The van der Waals surface area contributed by atoms with Crippen LogP contribution in [0.2, 0.25) is 0 Å². The highest BCUT2D eigenvalue weighted by atomic mass is 127. The summed E-state index contributed by atoms with van der Waals surface area (Å²) >= 11 is 1.91. The summed E-state index contributed by atoms with van der Waals surface area (Å²) in [5, 5.41) is 8.75. The molecule has 1 aromatic heterocycles. The first kappa shape index (κ1) is 9.38. The molecule has 1 heterocycles. The average Bonchev–Trinajstić information content (AvgIpc) is 2.47. The van der Waals surface area contributed by atoms with Gasteiger partial charge in [0, 0.05) is 9.64 Å². The lowest BCUT2D eigenvalue weighted by Crippen LogP contribution is -2.05. The number of benzene rings is 1. The molecular weight excluding hydrogens is 302 g/mol. The lowest BCUT2D eigenvalue weighted by molar-refractivity contribution is 0.197. The lowest BCUT2D eigenvalue weighted by Gasteiger charge is -1.97. The molecule has 0 unspecified atom stereocenters. The van der Waals surface area contributed by atoms with E-state index in [1.54, 1.807) is 0 Å². The van der Waals surface area contributed by atoms with Crippen LogP contribution in [0.3, 0.4) is 0 Å². The average molecular weight is 306 g/mol. The Labute approximate surface area is 91.5 Å². The highest BCUT2D eigenvalue weighted by Gasteiger charge is 2.11. The Balaban J connectivity index is 2.85. The number of nitrogens with zero attached hydrogens (tertiary/aromatic N) is 2. The second-order valence-corrected chi connectivity index (χ2v) is 3.81. The molecule has 0 aliphatic rings. The maximum Gasteiger partial charge on any atom is 0.417 e. The molecule has 1 N–H and O–H groups in total. The molecule has 14 heavy (non-hydrogen) atoms. The van der Waals surface area contributed by atoms with Crippen molar-refractivity contribution in [2.75, 3.05) is 0 Å². The van der Waals surface area contributed by atoms with Crippen molar-refractivity contribution in [1.29, 1.82) is 0 Å². The number of imidazole rings is 1. The predicted octanol–water partition coefficient (Wildman–Crippen LogP) is 2.31. The molecule has 72 valence electrons. The summed E-state index contributed by atoms with van der Waals surface area (Å²) in [5.41, 5.74) is 0.760. The van der Waals surface area contributed by atoms with Crippen molar-refractivity contribution >= 4 is 39.7 Å². The Morgan fingerprint density at radius 3 is 2.93 bits per heavy atom. The van der Waals surface area contributed by atoms with Crippen LogP contribution in [0.1, 0.15) is 0 Å². The molecule has 4 nitrogen and oxygen atoms in total. The molecule has 2 rings (SSSR count). The van der Waals surface area contributed by atoms with E-state index in [9.17, 15) is 9.18 Å². The number of fused-ring (bicyclic) bond motifs is 1. The van der Waals surface area contributed by atoms with Crippen LogP contribution in [0, 0.1) is 9.39 Å². The Hall–Kier alpha value is -1.18. The van der Waals surface area contributed by atoms with Gasteiger partial charge >= 0.3 is 6.09 Å². The fraction of sp³-hybridized carbons (Fsp3) is 0.